The van der Waals surface area contributed by atoms with Crippen LogP contribution in [0.2, 0.25) is 0 Å². The molecule has 2 N–H and O–H groups in total. The zero-order valence-corrected chi connectivity index (χ0v) is 17.9. The zero-order chi connectivity index (χ0) is 21.6. The molecule has 0 saturated carbocycles. The highest BCUT2D eigenvalue weighted by Crippen LogP contribution is 2.19. The molecule has 0 bridgehead atoms. The van der Waals surface area contributed by atoms with Crippen molar-refractivity contribution < 1.29 is 18.9 Å². The lowest BCUT2D eigenvalue weighted by Gasteiger charge is -2.22. The third kappa shape index (κ3) is 8.92. The fourth-order valence-electron chi connectivity index (χ4n) is 3.14. The lowest BCUT2D eigenvalue weighted by molar-refractivity contribution is 0.0210. The van der Waals surface area contributed by atoms with Crippen LogP contribution in [0.3, 0.4) is 0 Å². The second-order valence-electron chi connectivity index (χ2n) is 7.25. The van der Waals surface area contributed by atoms with Crippen LogP contribution < -0.4 is 20.1 Å². The van der Waals surface area contributed by atoms with E-state index in [1.807, 2.05) is 24.3 Å². The molecular formula is C23H32N4O4. The van der Waals surface area contributed by atoms with Crippen molar-refractivity contribution in [1.29, 1.82) is 0 Å². The van der Waals surface area contributed by atoms with Gasteiger partial charge in [-0.3, -0.25) is 0 Å². The van der Waals surface area contributed by atoms with E-state index in [-0.39, 0.29) is 0 Å². The predicted molar refractivity (Wildman–Crippen MR) is 120 cm³/mol. The normalized spacial score (nSPS) is 15.9. The molecule has 0 amide bonds. The van der Waals surface area contributed by atoms with Crippen LogP contribution >= 0.6 is 0 Å². The van der Waals surface area contributed by atoms with E-state index in [1.165, 1.54) is 12.8 Å². The van der Waals surface area contributed by atoms with Gasteiger partial charge in [-0.1, -0.05) is 12.7 Å². The summed E-state index contributed by atoms with van der Waals surface area (Å²) >= 11 is 0. The summed E-state index contributed by atoms with van der Waals surface area (Å²) < 4.78 is 22.2. The molecule has 1 aromatic heterocycles. The lowest BCUT2D eigenvalue weighted by Crippen LogP contribution is -2.32. The highest BCUT2D eigenvalue weighted by Gasteiger charge is 2.12. The van der Waals surface area contributed by atoms with E-state index in [4.69, 9.17) is 18.9 Å². The van der Waals surface area contributed by atoms with Crippen LogP contribution in [0.15, 0.2) is 49.3 Å². The average Bonchev–Trinajstić information content (AvgIpc) is 2.82. The van der Waals surface area contributed by atoms with Gasteiger partial charge in [0.1, 0.15) is 19.0 Å². The van der Waals surface area contributed by atoms with E-state index in [9.17, 15) is 0 Å². The molecule has 2 aromatic rings. The molecular weight excluding hydrogens is 396 g/mol. The van der Waals surface area contributed by atoms with E-state index in [2.05, 4.69) is 27.2 Å². The molecule has 0 spiro atoms. The first-order valence-electron chi connectivity index (χ1n) is 10.8. The van der Waals surface area contributed by atoms with Crippen molar-refractivity contribution >= 4 is 11.4 Å². The Labute approximate surface area is 184 Å². The van der Waals surface area contributed by atoms with E-state index in [1.54, 1.807) is 18.5 Å². The largest absolute Gasteiger partial charge is 0.490 e. The molecule has 0 aliphatic carbocycles. The Hall–Kier alpha value is -2.68. The molecule has 1 aliphatic heterocycles. The highest BCUT2D eigenvalue weighted by atomic mass is 16.5. The van der Waals surface area contributed by atoms with Crippen LogP contribution in [0.5, 0.6) is 11.8 Å². The summed E-state index contributed by atoms with van der Waals surface area (Å²) in [5.41, 5.74) is 1.69. The second-order valence-corrected chi connectivity index (χ2v) is 7.25. The van der Waals surface area contributed by atoms with Gasteiger partial charge in [0, 0.05) is 12.2 Å². The molecule has 1 unspecified atom stereocenters. The maximum atomic E-state index is 5.68. The Kier molecular flexibility index (Phi) is 10.1. The quantitative estimate of drug-likeness (QED) is 0.350. The van der Waals surface area contributed by atoms with Gasteiger partial charge in [0.05, 0.1) is 44.5 Å². The number of benzene rings is 1. The van der Waals surface area contributed by atoms with Crippen molar-refractivity contribution in [2.24, 2.45) is 5.92 Å². The summed E-state index contributed by atoms with van der Waals surface area (Å²) in [6, 6.07) is 7.96. The van der Waals surface area contributed by atoms with E-state index in [0.29, 0.717) is 45.0 Å². The van der Waals surface area contributed by atoms with Gasteiger partial charge in [0.25, 0.3) is 0 Å². The van der Waals surface area contributed by atoms with Gasteiger partial charge in [-0.05, 0) is 49.6 Å². The average molecular weight is 429 g/mol. The first-order valence-corrected chi connectivity index (χ1v) is 10.8. The number of anilines is 2. The van der Waals surface area contributed by atoms with Crippen LogP contribution in [0.4, 0.5) is 11.4 Å². The Morgan fingerprint density at radius 2 is 1.77 bits per heavy atom. The molecule has 1 aliphatic rings. The molecule has 1 aromatic carbocycles. The molecule has 31 heavy (non-hydrogen) atoms. The summed E-state index contributed by atoms with van der Waals surface area (Å²) in [7, 11) is 0. The summed E-state index contributed by atoms with van der Waals surface area (Å²) in [6.07, 6.45) is 7.55. The SMILES string of the molecule is C=CCOc1ccc(Nc2cnc(OCCOCCOCC3CCCNC3)nc2)cc1. The monoisotopic (exact) mass is 428 g/mol. The minimum absolute atomic E-state index is 0.323. The maximum absolute atomic E-state index is 5.68. The van der Waals surface area contributed by atoms with Crippen molar-refractivity contribution in [3.05, 3.63) is 49.3 Å². The molecule has 0 radical (unpaired) electrons. The topological polar surface area (TPSA) is 86.8 Å². The van der Waals surface area contributed by atoms with Crippen LogP contribution in [0.25, 0.3) is 0 Å². The fraction of sp³-hybridized carbons (Fsp3) is 0.478. The maximum Gasteiger partial charge on any atom is 0.316 e. The van der Waals surface area contributed by atoms with E-state index < -0.39 is 0 Å². The van der Waals surface area contributed by atoms with Gasteiger partial charge in [0.15, 0.2) is 0 Å². The first kappa shape index (κ1) is 23.0. The molecule has 8 heteroatoms. The number of ether oxygens (including phenoxy) is 4. The van der Waals surface area contributed by atoms with Crippen molar-refractivity contribution in [2.45, 2.75) is 12.8 Å². The molecule has 1 atom stereocenters. The van der Waals surface area contributed by atoms with Crippen molar-refractivity contribution in [1.82, 2.24) is 15.3 Å². The van der Waals surface area contributed by atoms with Gasteiger partial charge < -0.3 is 29.6 Å². The van der Waals surface area contributed by atoms with E-state index in [0.717, 1.165) is 36.8 Å². The fourth-order valence-corrected chi connectivity index (χ4v) is 3.14. The number of hydrogen-bond acceptors (Lipinski definition) is 8. The van der Waals surface area contributed by atoms with Crippen LogP contribution in [0.1, 0.15) is 12.8 Å². The highest BCUT2D eigenvalue weighted by molar-refractivity contribution is 5.58. The van der Waals surface area contributed by atoms with Crippen molar-refractivity contribution in [3.8, 4) is 11.8 Å². The van der Waals surface area contributed by atoms with Crippen molar-refractivity contribution in [3.63, 3.8) is 0 Å². The number of nitrogens with one attached hydrogen (secondary N) is 2. The standard InChI is InChI=1S/C23H32N4O4/c1-2-10-30-22-7-5-20(6-8-22)27-21-16-25-23(26-17-21)31-14-13-28-11-12-29-18-19-4-3-9-24-15-19/h2,5-8,16-17,19,24,27H,1,3-4,9-15,18H2. The van der Waals surface area contributed by atoms with Gasteiger partial charge in [-0.15, -0.1) is 0 Å². The smallest absolute Gasteiger partial charge is 0.316 e. The number of hydrogen-bond donors (Lipinski definition) is 2. The minimum atomic E-state index is 0.323. The zero-order valence-electron chi connectivity index (χ0n) is 17.9. The van der Waals surface area contributed by atoms with Crippen LogP contribution in [-0.4, -0.2) is 62.7 Å². The molecule has 1 saturated heterocycles. The predicted octanol–water partition coefficient (Wildman–Crippen LogP) is 3.20. The summed E-state index contributed by atoms with van der Waals surface area (Å²) in [5, 5.41) is 6.63. The molecule has 3 rings (SSSR count). The third-order valence-corrected chi connectivity index (χ3v) is 4.72. The minimum Gasteiger partial charge on any atom is -0.490 e. The number of aromatic nitrogens is 2. The lowest BCUT2D eigenvalue weighted by atomic mass is 10.0. The Morgan fingerprint density at radius 1 is 1.00 bits per heavy atom. The molecule has 8 nitrogen and oxygen atoms in total. The van der Waals surface area contributed by atoms with Gasteiger partial charge in [0.2, 0.25) is 0 Å². The Balaban J connectivity index is 1.25. The summed E-state index contributed by atoms with van der Waals surface area (Å²) in [5.74, 6) is 1.42. The van der Waals surface area contributed by atoms with Gasteiger partial charge in [-0.25, -0.2) is 9.97 Å². The van der Waals surface area contributed by atoms with Crippen LogP contribution in [0, 0.1) is 5.92 Å². The first-order chi connectivity index (χ1) is 15.3. The third-order valence-electron chi connectivity index (χ3n) is 4.72. The Bertz CT molecular complexity index is 749. The van der Waals surface area contributed by atoms with E-state index >= 15 is 0 Å². The van der Waals surface area contributed by atoms with Crippen LogP contribution in [-0.2, 0) is 9.47 Å². The Morgan fingerprint density at radius 3 is 2.52 bits per heavy atom. The summed E-state index contributed by atoms with van der Waals surface area (Å²) in [4.78, 5) is 8.43. The molecule has 168 valence electrons. The second kappa shape index (κ2) is 13.6. The number of nitrogens with zero attached hydrogens (tertiary/aromatic N) is 2. The number of piperidine rings is 1. The summed E-state index contributed by atoms with van der Waals surface area (Å²) in [6.45, 7) is 9.13. The van der Waals surface area contributed by atoms with Gasteiger partial charge >= 0.3 is 6.01 Å². The van der Waals surface area contributed by atoms with Crippen molar-refractivity contribution in [2.75, 3.05) is 58.0 Å². The molecule has 2 heterocycles. The molecule has 1 fully saturated rings. The van der Waals surface area contributed by atoms with Gasteiger partial charge in [-0.2, -0.15) is 0 Å². The number of rotatable bonds is 14.